The lowest BCUT2D eigenvalue weighted by atomic mass is 10.2. The van der Waals surface area contributed by atoms with Crippen molar-refractivity contribution in [3.63, 3.8) is 0 Å². The first-order valence-electron chi connectivity index (χ1n) is 7.60. The third kappa shape index (κ3) is 2.78. The van der Waals surface area contributed by atoms with Gasteiger partial charge >= 0.3 is 5.97 Å². The summed E-state index contributed by atoms with van der Waals surface area (Å²) in [5, 5.41) is 0.477. The summed E-state index contributed by atoms with van der Waals surface area (Å²) in [5.74, 6) is -0.0787. The molecule has 0 aliphatic carbocycles. The van der Waals surface area contributed by atoms with Crippen LogP contribution in [0.15, 0.2) is 53.6 Å². The van der Waals surface area contributed by atoms with Crippen LogP contribution in [0.1, 0.15) is 10.4 Å². The van der Waals surface area contributed by atoms with Gasteiger partial charge in [-0.3, -0.25) is 0 Å². The van der Waals surface area contributed by atoms with E-state index < -0.39 is 16.0 Å². The van der Waals surface area contributed by atoms with Gasteiger partial charge in [0.15, 0.2) is 0 Å². The van der Waals surface area contributed by atoms with Crippen molar-refractivity contribution in [2.75, 3.05) is 21.3 Å². The number of benzene rings is 2. The molecule has 0 fully saturated rings. The number of ether oxygens (including phenoxy) is 3. The van der Waals surface area contributed by atoms with E-state index in [-0.39, 0.29) is 16.2 Å². The predicted molar refractivity (Wildman–Crippen MR) is 95.4 cm³/mol. The molecule has 0 unspecified atom stereocenters. The molecule has 1 heterocycles. The summed E-state index contributed by atoms with van der Waals surface area (Å²) in [4.78, 5) is 12.0. The Kier molecular flexibility index (Phi) is 4.60. The Morgan fingerprint density at radius 1 is 1.00 bits per heavy atom. The van der Waals surface area contributed by atoms with Crippen LogP contribution in [0.2, 0.25) is 0 Å². The molecule has 0 spiro atoms. The topological polar surface area (TPSA) is 83.8 Å². The maximum absolute atomic E-state index is 13.3. The molecule has 1 aromatic heterocycles. The van der Waals surface area contributed by atoms with E-state index >= 15 is 0 Å². The fourth-order valence-electron chi connectivity index (χ4n) is 2.71. The number of carbonyl (C=O) groups excluding carboxylic acids is 1. The van der Waals surface area contributed by atoms with Gasteiger partial charge in [-0.25, -0.2) is 17.2 Å². The largest absolute Gasteiger partial charge is 0.497 e. The van der Waals surface area contributed by atoms with Gasteiger partial charge in [-0.1, -0.05) is 18.2 Å². The van der Waals surface area contributed by atoms with Gasteiger partial charge in [0, 0.05) is 17.6 Å². The van der Waals surface area contributed by atoms with Gasteiger partial charge in [0.1, 0.15) is 16.4 Å². The zero-order chi connectivity index (χ0) is 18.9. The number of fused-ring (bicyclic) bond motifs is 1. The molecule has 0 radical (unpaired) electrons. The highest BCUT2D eigenvalue weighted by Gasteiger charge is 2.27. The molecule has 0 saturated carbocycles. The van der Waals surface area contributed by atoms with Crippen molar-refractivity contribution in [1.82, 2.24) is 3.97 Å². The minimum absolute atomic E-state index is 0.0727. The first-order valence-corrected chi connectivity index (χ1v) is 9.04. The quantitative estimate of drug-likeness (QED) is 0.638. The van der Waals surface area contributed by atoms with Crippen LogP contribution in [-0.2, 0) is 14.8 Å². The number of esters is 1. The molecule has 0 atom stereocenters. The van der Waals surface area contributed by atoms with Crippen LogP contribution in [0.3, 0.4) is 0 Å². The van der Waals surface area contributed by atoms with E-state index in [0.29, 0.717) is 16.7 Å². The molecule has 0 aliphatic rings. The van der Waals surface area contributed by atoms with Gasteiger partial charge in [0.25, 0.3) is 10.0 Å². The summed E-state index contributed by atoms with van der Waals surface area (Å²) >= 11 is 0. The van der Waals surface area contributed by atoms with Crippen molar-refractivity contribution in [3.8, 4) is 11.5 Å². The lowest BCUT2D eigenvalue weighted by molar-refractivity contribution is 0.0603. The molecule has 8 heteroatoms. The van der Waals surface area contributed by atoms with Gasteiger partial charge in [0.2, 0.25) is 0 Å². The number of aromatic nitrogens is 1. The highest BCUT2D eigenvalue weighted by atomic mass is 32.2. The predicted octanol–water partition coefficient (Wildman–Crippen LogP) is 2.68. The van der Waals surface area contributed by atoms with Crippen molar-refractivity contribution in [1.29, 1.82) is 0 Å². The van der Waals surface area contributed by atoms with E-state index in [1.165, 1.54) is 39.7 Å². The van der Waals surface area contributed by atoms with E-state index in [1.807, 2.05) is 0 Å². The van der Waals surface area contributed by atoms with Crippen LogP contribution in [0.5, 0.6) is 11.5 Å². The van der Waals surface area contributed by atoms with Gasteiger partial charge < -0.3 is 14.2 Å². The Labute approximate surface area is 150 Å². The third-order valence-electron chi connectivity index (χ3n) is 3.99. The smallest absolute Gasteiger partial charge is 0.340 e. The summed E-state index contributed by atoms with van der Waals surface area (Å²) in [6, 6.07) is 11.2. The van der Waals surface area contributed by atoms with Gasteiger partial charge in [-0.15, -0.1) is 0 Å². The average molecular weight is 375 g/mol. The van der Waals surface area contributed by atoms with Crippen LogP contribution in [-0.4, -0.2) is 39.7 Å². The molecule has 0 bridgehead atoms. The average Bonchev–Trinajstić information content (AvgIpc) is 3.07. The highest BCUT2D eigenvalue weighted by Crippen LogP contribution is 2.33. The number of methoxy groups -OCH3 is 3. The SMILES string of the molecule is COC(=O)c1cn(S(=O)(=O)c2cc(OC)ccc2OC)c2ccccc12. The standard InChI is InChI=1S/C18H17NO6S/c1-23-12-8-9-16(24-2)17(10-12)26(21,22)19-11-14(18(20)25-3)13-6-4-5-7-15(13)19/h4-11H,1-3H3. The minimum Gasteiger partial charge on any atom is -0.497 e. The molecular formula is C18H17NO6S. The fourth-order valence-corrected chi connectivity index (χ4v) is 4.26. The van der Waals surface area contributed by atoms with Crippen molar-refractivity contribution < 1.29 is 27.4 Å². The zero-order valence-corrected chi connectivity index (χ0v) is 15.2. The number of carbonyl (C=O) groups is 1. The first-order chi connectivity index (χ1) is 12.4. The van der Waals surface area contributed by atoms with Gasteiger partial charge in [-0.2, -0.15) is 0 Å². The molecule has 3 rings (SSSR count). The van der Waals surface area contributed by atoms with E-state index in [9.17, 15) is 13.2 Å². The number of para-hydroxylation sites is 1. The lowest BCUT2D eigenvalue weighted by Crippen LogP contribution is -2.13. The fraction of sp³-hybridized carbons (Fsp3) is 0.167. The maximum Gasteiger partial charge on any atom is 0.340 e. The summed E-state index contributed by atoms with van der Waals surface area (Å²) in [6.07, 6.45) is 1.25. The minimum atomic E-state index is -4.06. The Morgan fingerprint density at radius 2 is 1.73 bits per heavy atom. The van der Waals surface area contributed by atoms with Crippen LogP contribution >= 0.6 is 0 Å². The second-order valence-corrected chi connectivity index (χ2v) is 7.15. The Morgan fingerprint density at radius 3 is 2.38 bits per heavy atom. The van der Waals surface area contributed by atoms with Gasteiger partial charge in [0.05, 0.1) is 32.4 Å². The number of nitrogens with zero attached hydrogens (tertiary/aromatic N) is 1. The van der Waals surface area contributed by atoms with Crippen molar-refractivity contribution in [2.45, 2.75) is 4.90 Å². The first kappa shape index (κ1) is 17.8. The van der Waals surface area contributed by atoms with Crippen molar-refractivity contribution >= 4 is 26.9 Å². The third-order valence-corrected chi connectivity index (χ3v) is 5.69. The number of rotatable bonds is 5. The van der Waals surface area contributed by atoms with E-state index in [2.05, 4.69) is 0 Å². The molecule has 136 valence electrons. The number of hydrogen-bond donors (Lipinski definition) is 0. The van der Waals surface area contributed by atoms with E-state index in [4.69, 9.17) is 14.2 Å². The molecule has 0 amide bonds. The van der Waals surface area contributed by atoms with Crippen LogP contribution in [0, 0.1) is 0 Å². The molecular weight excluding hydrogens is 358 g/mol. The van der Waals surface area contributed by atoms with Crippen LogP contribution < -0.4 is 9.47 Å². The normalized spacial score (nSPS) is 11.3. The van der Waals surface area contributed by atoms with Crippen molar-refractivity contribution in [2.24, 2.45) is 0 Å². The molecule has 0 saturated heterocycles. The molecule has 3 aromatic rings. The summed E-state index contributed by atoms with van der Waals surface area (Å²) in [5.41, 5.74) is 0.520. The summed E-state index contributed by atoms with van der Waals surface area (Å²) < 4.78 is 42.7. The van der Waals surface area contributed by atoms with Crippen LogP contribution in [0.4, 0.5) is 0 Å². The highest BCUT2D eigenvalue weighted by molar-refractivity contribution is 7.90. The van der Waals surface area contributed by atoms with E-state index in [0.717, 1.165) is 3.97 Å². The summed E-state index contributed by atoms with van der Waals surface area (Å²) in [7, 11) is 0.0126. The molecule has 0 N–H and O–H groups in total. The van der Waals surface area contributed by atoms with Gasteiger partial charge in [-0.05, 0) is 18.2 Å². The Balaban J connectivity index is 2.31. The van der Waals surface area contributed by atoms with E-state index in [1.54, 1.807) is 30.3 Å². The lowest BCUT2D eigenvalue weighted by Gasteiger charge is -2.12. The Hall–Kier alpha value is -3.00. The maximum atomic E-state index is 13.3. The molecule has 26 heavy (non-hydrogen) atoms. The Bertz CT molecular complexity index is 1080. The van der Waals surface area contributed by atoms with Crippen molar-refractivity contribution in [3.05, 3.63) is 54.2 Å². The van der Waals surface area contributed by atoms with Crippen LogP contribution in [0.25, 0.3) is 10.9 Å². The molecule has 2 aromatic carbocycles. The number of hydrogen-bond acceptors (Lipinski definition) is 6. The second kappa shape index (κ2) is 6.72. The second-order valence-electron chi connectivity index (χ2n) is 5.37. The zero-order valence-electron chi connectivity index (χ0n) is 14.4. The molecule has 7 nitrogen and oxygen atoms in total. The summed E-state index contributed by atoms with van der Waals surface area (Å²) in [6.45, 7) is 0. The molecule has 0 aliphatic heterocycles. The monoisotopic (exact) mass is 375 g/mol.